The molecule has 0 atom stereocenters. The first-order valence-corrected chi connectivity index (χ1v) is 8.86. The third-order valence-corrected chi connectivity index (χ3v) is 4.72. The van der Waals surface area contributed by atoms with Gasteiger partial charge >= 0.3 is 6.03 Å². The fraction of sp³-hybridized carbons (Fsp3) is 0.333. The summed E-state index contributed by atoms with van der Waals surface area (Å²) in [4.78, 5) is 28.4. The maximum Gasteiger partial charge on any atom is 0.325 e. The molecule has 2 aromatic carbocycles. The molecule has 0 aliphatic carbocycles. The van der Waals surface area contributed by atoms with E-state index in [2.05, 4.69) is 5.32 Å². The van der Waals surface area contributed by atoms with E-state index < -0.39 is 0 Å². The predicted molar refractivity (Wildman–Crippen MR) is 105 cm³/mol. The highest BCUT2D eigenvalue weighted by Gasteiger charge is 2.30. The van der Waals surface area contributed by atoms with Crippen molar-refractivity contribution in [2.24, 2.45) is 0 Å². The zero-order valence-corrected chi connectivity index (χ0v) is 15.8. The van der Waals surface area contributed by atoms with Crippen LogP contribution in [0, 0.1) is 27.7 Å². The van der Waals surface area contributed by atoms with Crippen LogP contribution in [-0.4, -0.2) is 36.5 Å². The van der Waals surface area contributed by atoms with Crippen molar-refractivity contribution in [3.8, 4) is 0 Å². The summed E-state index contributed by atoms with van der Waals surface area (Å²) in [6.45, 7) is 9.22. The van der Waals surface area contributed by atoms with Crippen LogP contribution >= 0.6 is 0 Å². The van der Waals surface area contributed by atoms with Crippen LogP contribution in [0.4, 0.5) is 16.2 Å². The molecule has 1 aliphatic rings. The summed E-state index contributed by atoms with van der Waals surface area (Å²) >= 11 is 0. The van der Waals surface area contributed by atoms with Gasteiger partial charge in [-0.05, 0) is 51.0 Å². The first-order valence-electron chi connectivity index (χ1n) is 8.86. The van der Waals surface area contributed by atoms with E-state index in [1.165, 1.54) is 5.56 Å². The lowest BCUT2D eigenvalue weighted by Crippen LogP contribution is -2.37. The molecular formula is C21H25N3O2. The van der Waals surface area contributed by atoms with Crippen LogP contribution in [0.5, 0.6) is 0 Å². The van der Waals surface area contributed by atoms with Gasteiger partial charge in [0, 0.05) is 24.5 Å². The molecule has 136 valence electrons. The third kappa shape index (κ3) is 3.72. The summed E-state index contributed by atoms with van der Waals surface area (Å²) in [5.74, 6) is -0.167. The summed E-state index contributed by atoms with van der Waals surface area (Å²) in [6.07, 6.45) is 0. The maximum atomic E-state index is 12.6. The molecule has 1 heterocycles. The first kappa shape index (κ1) is 18.0. The molecule has 3 rings (SSSR count). The van der Waals surface area contributed by atoms with Gasteiger partial charge in [0.25, 0.3) is 0 Å². The number of hydrogen-bond donors (Lipinski definition) is 1. The Balaban J connectivity index is 1.65. The monoisotopic (exact) mass is 351 g/mol. The number of aryl methyl sites for hydroxylation is 4. The SMILES string of the molecule is Cc1ccc(N2CCN(CC(=O)Nc3c(C)cc(C)cc3C)C2=O)cc1. The van der Waals surface area contributed by atoms with E-state index >= 15 is 0 Å². The molecule has 5 nitrogen and oxygen atoms in total. The number of urea groups is 1. The van der Waals surface area contributed by atoms with Crippen LogP contribution in [0.25, 0.3) is 0 Å². The van der Waals surface area contributed by atoms with Crippen molar-refractivity contribution in [2.45, 2.75) is 27.7 Å². The van der Waals surface area contributed by atoms with Gasteiger partial charge in [-0.3, -0.25) is 9.69 Å². The number of carbonyl (C=O) groups excluding carboxylic acids is 2. The van der Waals surface area contributed by atoms with E-state index in [1.807, 2.05) is 64.1 Å². The largest absolute Gasteiger partial charge is 0.325 e. The highest BCUT2D eigenvalue weighted by molar-refractivity contribution is 5.99. The molecule has 1 N–H and O–H groups in total. The molecule has 0 spiro atoms. The van der Waals surface area contributed by atoms with Gasteiger partial charge in [0.05, 0.1) is 0 Å². The van der Waals surface area contributed by atoms with E-state index in [4.69, 9.17) is 0 Å². The number of anilines is 2. The molecule has 1 saturated heterocycles. The van der Waals surface area contributed by atoms with Crippen LogP contribution in [-0.2, 0) is 4.79 Å². The lowest BCUT2D eigenvalue weighted by molar-refractivity contribution is -0.116. The fourth-order valence-electron chi connectivity index (χ4n) is 3.42. The summed E-state index contributed by atoms with van der Waals surface area (Å²) in [7, 11) is 0. The van der Waals surface area contributed by atoms with Gasteiger partial charge in [-0.15, -0.1) is 0 Å². The van der Waals surface area contributed by atoms with Gasteiger partial charge < -0.3 is 10.2 Å². The average molecular weight is 351 g/mol. The average Bonchev–Trinajstić information content (AvgIpc) is 2.92. The minimum Gasteiger partial charge on any atom is -0.324 e. The van der Waals surface area contributed by atoms with Gasteiger partial charge in [-0.1, -0.05) is 35.4 Å². The van der Waals surface area contributed by atoms with Crippen molar-refractivity contribution in [3.05, 3.63) is 58.7 Å². The molecule has 0 radical (unpaired) electrons. The van der Waals surface area contributed by atoms with Gasteiger partial charge in [-0.25, -0.2) is 4.79 Å². The van der Waals surface area contributed by atoms with Crippen LogP contribution in [0.3, 0.4) is 0 Å². The minimum atomic E-state index is -0.167. The second kappa shape index (κ2) is 7.20. The molecule has 0 saturated carbocycles. The van der Waals surface area contributed by atoms with E-state index in [0.717, 1.165) is 28.1 Å². The van der Waals surface area contributed by atoms with E-state index in [9.17, 15) is 9.59 Å². The molecule has 0 aromatic heterocycles. The Morgan fingerprint density at radius 2 is 1.58 bits per heavy atom. The minimum absolute atomic E-state index is 0.0634. The highest BCUT2D eigenvalue weighted by atomic mass is 16.2. The Kier molecular flexibility index (Phi) is 4.98. The fourth-order valence-corrected chi connectivity index (χ4v) is 3.42. The molecule has 0 bridgehead atoms. The predicted octanol–water partition coefficient (Wildman–Crippen LogP) is 3.80. The second-order valence-corrected chi connectivity index (χ2v) is 7.01. The topological polar surface area (TPSA) is 52.6 Å². The quantitative estimate of drug-likeness (QED) is 0.911. The van der Waals surface area contributed by atoms with Gasteiger partial charge in [0.1, 0.15) is 6.54 Å². The number of amides is 3. The molecule has 26 heavy (non-hydrogen) atoms. The second-order valence-electron chi connectivity index (χ2n) is 7.01. The van der Waals surface area contributed by atoms with Crippen molar-refractivity contribution < 1.29 is 9.59 Å². The van der Waals surface area contributed by atoms with E-state index in [0.29, 0.717) is 13.1 Å². The van der Waals surface area contributed by atoms with E-state index in [1.54, 1.807) is 9.80 Å². The summed E-state index contributed by atoms with van der Waals surface area (Å²) in [5, 5.41) is 2.96. The van der Waals surface area contributed by atoms with Crippen molar-refractivity contribution in [2.75, 3.05) is 29.9 Å². The first-order chi connectivity index (χ1) is 12.3. The lowest BCUT2D eigenvalue weighted by atomic mass is 10.1. The number of benzene rings is 2. The molecule has 5 heteroatoms. The molecule has 1 fully saturated rings. The Hall–Kier alpha value is -2.82. The van der Waals surface area contributed by atoms with Gasteiger partial charge in [0.2, 0.25) is 5.91 Å². The Morgan fingerprint density at radius 3 is 2.19 bits per heavy atom. The van der Waals surface area contributed by atoms with Crippen LogP contribution in [0.15, 0.2) is 36.4 Å². The Labute approximate surface area is 154 Å². The smallest absolute Gasteiger partial charge is 0.324 e. The third-order valence-electron chi connectivity index (χ3n) is 4.72. The van der Waals surface area contributed by atoms with Crippen LogP contribution in [0.1, 0.15) is 22.3 Å². The summed E-state index contributed by atoms with van der Waals surface area (Å²) < 4.78 is 0. The normalized spacial score (nSPS) is 14.1. The van der Waals surface area contributed by atoms with Gasteiger partial charge in [0.15, 0.2) is 0 Å². The van der Waals surface area contributed by atoms with Crippen LogP contribution in [0.2, 0.25) is 0 Å². The van der Waals surface area contributed by atoms with E-state index in [-0.39, 0.29) is 18.5 Å². The number of nitrogens with one attached hydrogen (secondary N) is 1. The molecular weight excluding hydrogens is 326 g/mol. The lowest BCUT2D eigenvalue weighted by Gasteiger charge is -2.19. The van der Waals surface area contributed by atoms with Crippen molar-refractivity contribution in [1.82, 2.24) is 4.90 Å². The van der Waals surface area contributed by atoms with Gasteiger partial charge in [-0.2, -0.15) is 0 Å². The van der Waals surface area contributed by atoms with Crippen molar-refractivity contribution in [3.63, 3.8) is 0 Å². The number of carbonyl (C=O) groups is 2. The number of hydrogen-bond acceptors (Lipinski definition) is 2. The van der Waals surface area contributed by atoms with Crippen LogP contribution < -0.4 is 10.2 Å². The highest BCUT2D eigenvalue weighted by Crippen LogP contribution is 2.23. The molecule has 0 unspecified atom stereocenters. The zero-order chi connectivity index (χ0) is 18.8. The molecule has 3 amide bonds. The van der Waals surface area contributed by atoms with Crippen molar-refractivity contribution >= 4 is 23.3 Å². The number of nitrogens with zero attached hydrogens (tertiary/aromatic N) is 2. The molecule has 1 aliphatic heterocycles. The van der Waals surface area contributed by atoms with Crippen molar-refractivity contribution in [1.29, 1.82) is 0 Å². The summed E-state index contributed by atoms with van der Waals surface area (Å²) in [6, 6.07) is 11.8. The Morgan fingerprint density at radius 1 is 0.962 bits per heavy atom. The molecule has 2 aromatic rings. The zero-order valence-electron chi connectivity index (χ0n) is 15.8. The standard InChI is InChI=1S/C21H25N3O2/c1-14-5-7-18(8-6-14)24-10-9-23(21(24)26)13-19(25)22-20-16(3)11-15(2)12-17(20)4/h5-8,11-12H,9-10,13H2,1-4H3,(H,22,25). The Bertz CT molecular complexity index is 820. The number of rotatable bonds is 4. The summed E-state index contributed by atoms with van der Waals surface area (Å²) in [5.41, 5.74) is 6.09. The maximum absolute atomic E-state index is 12.6.